The summed E-state index contributed by atoms with van der Waals surface area (Å²) in [5.41, 5.74) is 5.38. The molecule has 1 aliphatic heterocycles. The van der Waals surface area contributed by atoms with E-state index in [0.29, 0.717) is 37.1 Å². The van der Waals surface area contributed by atoms with Crippen LogP contribution in [0.1, 0.15) is 33.6 Å². The Kier molecular flexibility index (Phi) is 6.63. The van der Waals surface area contributed by atoms with Crippen molar-refractivity contribution in [3.8, 4) is 5.75 Å². The highest BCUT2D eigenvalue weighted by Gasteiger charge is 2.27. The Morgan fingerprint density at radius 1 is 1.38 bits per heavy atom. The van der Waals surface area contributed by atoms with Gasteiger partial charge >= 0.3 is 6.09 Å². The minimum Gasteiger partial charge on any atom is -0.491 e. The van der Waals surface area contributed by atoms with Crippen LogP contribution in [-0.4, -0.2) is 41.4 Å². The van der Waals surface area contributed by atoms with E-state index in [0.717, 1.165) is 12.8 Å². The summed E-state index contributed by atoms with van der Waals surface area (Å²) >= 11 is 4.80. The maximum absolute atomic E-state index is 13.4. The Hall–Kier alpha value is -2.09. The first-order valence-electron chi connectivity index (χ1n) is 8.61. The van der Waals surface area contributed by atoms with Gasteiger partial charge in [-0.25, -0.2) is 9.18 Å². The van der Waals surface area contributed by atoms with Gasteiger partial charge in [0.2, 0.25) is 0 Å². The van der Waals surface area contributed by atoms with E-state index >= 15 is 0 Å². The number of rotatable bonds is 4. The first-order chi connectivity index (χ1) is 12.1. The lowest BCUT2D eigenvalue weighted by Crippen LogP contribution is -2.42. The molecule has 1 saturated heterocycles. The molecular formula is C18H26FN3O3S. The maximum Gasteiger partial charge on any atom is 0.410 e. The molecule has 0 unspecified atom stereocenters. The second-order valence-electron chi connectivity index (χ2n) is 7.35. The van der Waals surface area contributed by atoms with Crippen LogP contribution in [0.5, 0.6) is 5.75 Å². The maximum atomic E-state index is 13.4. The number of carbonyl (C=O) groups is 1. The summed E-state index contributed by atoms with van der Waals surface area (Å²) in [6.07, 6.45) is 1.36. The Balaban J connectivity index is 1.85. The van der Waals surface area contributed by atoms with Gasteiger partial charge in [0.25, 0.3) is 0 Å². The zero-order valence-corrected chi connectivity index (χ0v) is 16.2. The van der Waals surface area contributed by atoms with E-state index in [4.69, 9.17) is 27.4 Å². The van der Waals surface area contributed by atoms with Crippen LogP contribution < -0.4 is 15.8 Å². The van der Waals surface area contributed by atoms with Crippen LogP contribution in [0.3, 0.4) is 0 Å². The Morgan fingerprint density at radius 2 is 2.04 bits per heavy atom. The van der Waals surface area contributed by atoms with Crippen LogP contribution >= 0.6 is 12.2 Å². The highest BCUT2D eigenvalue weighted by atomic mass is 32.1. The minimum absolute atomic E-state index is 0.0473. The number of likely N-dealkylation sites (tertiary alicyclic amines) is 1. The minimum atomic E-state index is -0.493. The molecule has 6 nitrogen and oxygen atoms in total. The number of amides is 1. The number of piperidine rings is 1. The summed E-state index contributed by atoms with van der Waals surface area (Å²) in [4.78, 5) is 13.8. The zero-order chi connectivity index (χ0) is 19.3. The van der Waals surface area contributed by atoms with E-state index in [1.807, 2.05) is 20.8 Å². The largest absolute Gasteiger partial charge is 0.491 e. The van der Waals surface area contributed by atoms with Gasteiger partial charge in [-0.2, -0.15) is 0 Å². The Labute approximate surface area is 158 Å². The van der Waals surface area contributed by atoms with Crippen LogP contribution in [0, 0.1) is 11.7 Å². The first kappa shape index (κ1) is 20.2. The number of carbonyl (C=O) groups excluding carboxylic acids is 1. The highest BCUT2D eigenvalue weighted by molar-refractivity contribution is 7.80. The van der Waals surface area contributed by atoms with Crippen molar-refractivity contribution in [3.63, 3.8) is 0 Å². The van der Waals surface area contributed by atoms with Gasteiger partial charge in [-0.1, -0.05) is 0 Å². The number of ether oxygens (including phenoxy) is 2. The molecule has 1 heterocycles. The number of benzene rings is 1. The van der Waals surface area contributed by atoms with Gasteiger partial charge in [0.15, 0.2) is 5.11 Å². The summed E-state index contributed by atoms with van der Waals surface area (Å²) in [6.45, 7) is 7.29. The van der Waals surface area contributed by atoms with Crippen molar-refractivity contribution in [3.05, 3.63) is 24.0 Å². The van der Waals surface area contributed by atoms with Crippen molar-refractivity contribution in [2.75, 3.05) is 25.0 Å². The Morgan fingerprint density at radius 3 is 2.62 bits per heavy atom. The number of anilines is 1. The lowest BCUT2D eigenvalue weighted by Gasteiger charge is -2.33. The molecule has 0 aromatic heterocycles. The van der Waals surface area contributed by atoms with E-state index in [1.54, 1.807) is 11.0 Å². The number of hydrogen-bond donors (Lipinski definition) is 2. The number of halogens is 1. The molecule has 0 spiro atoms. The standard InChI is InChI=1S/C18H26FN3O3S/c1-18(2,3)25-17(23)22-8-6-12(7-9-22)11-24-15-5-4-13(19)10-14(15)21-16(20)26/h4-5,10,12H,6-9,11H2,1-3H3,(H3,20,21,26). The summed E-state index contributed by atoms with van der Waals surface area (Å²) in [5, 5.41) is 2.77. The normalized spacial score (nSPS) is 15.5. The molecule has 3 N–H and O–H groups in total. The molecule has 2 rings (SSSR count). The van der Waals surface area contributed by atoms with E-state index in [9.17, 15) is 9.18 Å². The fraction of sp³-hybridized carbons (Fsp3) is 0.556. The fourth-order valence-corrected chi connectivity index (χ4v) is 2.78. The second-order valence-corrected chi connectivity index (χ2v) is 7.79. The molecule has 0 bridgehead atoms. The molecular weight excluding hydrogens is 357 g/mol. The number of nitrogens with zero attached hydrogens (tertiary/aromatic N) is 1. The SMILES string of the molecule is CC(C)(C)OC(=O)N1CCC(COc2ccc(F)cc2NC(N)=S)CC1. The molecule has 0 radical (unpaired) electrons. The molecule has 0 atom stereocenters. The molecule has 0 saturated carbocycles. The van der Waals surface area contributed by atoms with Crippen LogP contribution in [0.4, 0.5) is 14.9 Å². The molecule has 0 aliphatic carbocycles. The molecule has 1 aromatic rings. The monoisotopic (exact) mass is 383 g/mol. The van der Waals surface area contributed by atoms with Gasteiger partial charge in [0, 0.05) is 19.2 Å². The third-order valence-electron chi connectivity index (χ3n) is 3.94. The van der Waals surface area contributed by atoms with Crippen molar-refractivity contribution in [1.29, 1.82) is 0 Å². The van der Waals surface area contributed by atoms with Crippen LogP contribution in [0.2, 0.25) is 0 Å². The molecule has 1 fully saturated rings. The van der Waals surface area contributed by atoms with Crippen molar-refractivity contribution < 1.29 is 18.7 Å². The number of nitrogens with two attached hydrogens (primary N) is 1. The van der Waals surface area contributed by atoms with Crippen molar-refractivity contribution in [2.45, 2.75) is 39.2 Å². The average molecular weight is 383 g/mol. The summed E-state index contributed by atoms with van der Waals surface area (Å²) in [7, 11) is 0. The smallest absolute Gasteiger partial charge is 0.410 e. The average Bonchev–Trinajstić information content (AvgIpc) is 2.52. The summed E-state index contributed by atoms with van der Waals surface area (Å²) in [6, 6.07) is 4.16. The molecule has 8 heteroatoms. The van der Waals surface area contributed by atoms with Crippen molar-refractivity contribution >= 4 is 29.1 Å². The predicted octanol–water partition coefficient (Wildman–Crippen LogP) is 3.51. The lowest BCUT2D eigenvalue weighted by molar-refractivity contribution is 0.0165. The van der Waals surface area contributed by atoms with Crippen LogP contribution in [-0.2, 0) is 4.74 Å². The van der Waals surface area contributed by atoms with E-state index in [2.05, 4.69) is 5.32 Å². The van der Waals surface area contributed by atoms with Crippen molar-refractivity contribution in [2.24, 2.45) is 11.7 Å². The zero-order valence-electron chi connectivity index (χ0n) is 15.4. The van der Waals surface area contributed by atoms with E-state index in [-0.39, 0.29) is 11.2 Å². The number of thiocarbonyl (C=S) groups is 1. The van der Waals surface area contributed by atoms with Crippen LogP contribution in [0.15, 0.2) is 18.2 Å². The molecule has 1 aliphatic rings. The topological polar surface area (TPSA) is 76.8 Å². The van der Waals surface area contributed by atoms with E-state index < -0.39 is 11.4 Å². The van der Waals surface area contributed by atoms with Gasteiger partial charge in [0.1, 0.15) is 17.2 Å². The number of hydrogen-bond acceptors (Lipinski definition) is 4. The third kappa shape index (κ3) is 6.33. The van der Waals surface area contributed by atoms with Gasteiger partial charge < -0.3 is 25.4 Å². The molecule has 1 aromatic carbocycles. The summed E-state index contributed by atoms with van der Waals surface area (Å²) < 4.78 is 24.6. The van der Waals surface area contributed by atoms with Gasteiger partial charge in [-0.3, -0.25) is 0 Å². The third-order valence-corrected chi connectivity index (χ3v) is 4.04. The second kappa shape index (κ2) is 8.53. The molecule has 26 heavy (non-hydrogen) atoms. The van der Waals surface area contributed by atoms with Crippen molar-refractivity contribution in [1.82, 2.24) is 4.90 Å². The quantitative estimate of drug-likeness (QED) is 0.775. The van der Waals surface area contributed by atoms with Gasteiger partial charge in [0.05, 0.1) is 12.3 Å². The van der Waals surface area contributed by atoms with E-state index in [1.165, 1.54) is 12.1 Å². The molecule has 1 amide bonds. The Bertz CT molecular complexity index is 656. The first-order valence-corrected chi connectivity index (χ1v) is 9.01. The van der Waals surface area contributed by atoms with Crippen LogP contribution in [0.25, 0.3) is 0 Å². The highest BCUT2D eigenvalue weighted by Crippen LogP contribution is 2.27. The lowest BCUT2D eigenvalue weighted by atomic mass is 9.98. The fourth-order valence-electron chi connectivity index (χ4n) is 2.67. The number of nitrogens with one attached hydrogen (secondary N) is 1. The molecule has 144 valence electrons. The summed E-state index contributed by atoms with van der Waals surface area (Å²) in [5.74, 6) is 0.395. The predicted molar refractivity (Wildman–Crippen MR) is 103 cm³/mol. The van der Waals surface area contributed by atoms with Gasteiger partial charge in [-0.05, 0) is 63.9 Å². The van der Waals surface area contributed by atoms with Gasteiger partial charge in [-0.15, -0.1) is 0 Å².